The van der Waals surface area contributed by atoms with Crippen molar-refractivity contribution in [2.24, 2.45) is 5.73 Å². The molecule has 0 bridgehead atoms. The number of carbonyl (C=O) groups excluding carboxylic acids is 1. The van der Waals surface area contributed by atoms with E-state index in [2.05, 4.69) is 10.2 Å². The van der Waals surface area contributed by atoms with E-state index in [1.54, 1.807) is 14.2 Å². The average Bonchev–Trinajstić information content (AvgIpc) is 2.39. The van der Waals surface area contributed by atoms with Crippen LogP contribution in [0.25, 0.3) is 0 Å². The Bertz CT molecular complexity index is 227. The molecule has 0 heterocycles. The van der Waals surface area contributed by atoms with E-state index in [4.69, 9.17) is 15.2 Å². The zero-order valence-corrected chi connectivity index (χ0v) is 12.5. The molecule has 0 spiro atoms. The van der Waals surface area contributed by atoms with E-state index in [1.165, 1.54) is 0 Å². The molecule has 0 radical (unpaired) electrons. The fraction of sp³-hybridized carbons (Fsp3) is 0.923. The van der Waals surface area contributed by atoms with Crippen molar-refractivity contribution in [1.82, 2.24) is 10.2 Å². The third kappa shape index (κ3) is 9.84. The van der Waals surface area contributed by atoms with Crippen LogP contribution in [0, 0.1) is 0 Å². The molecule has 1 unspecified atom stereocenters. The summed E-state index contributed by atoms with van der Waals surface area (Å²) in [7, 11) is 3.39. The molecule has 0 aliphatic rings. The van der Waals surface area contributed by atoms with Crippen LogP contribution < -0.4 is 11.1 Å². The largest absolute Gasteiger partial charge is 0.385 e. The predicted molar refractivity (Wildman–Crippen MR) is 76.1 cm³/mol. The van der Waals surface area contributed by atoms with Gasteiger partial charge in [-0.1, -0.05) is 6.92 Å². The van der Waals surface area contributed by atoms with E-state index in [1.807, 2.05) is 6.92 Å². The highest BCUT2D eigenvalue weighted by Crippen LogP contribution is 1.99. The van der Waals surface area contributed by atoms with Crippen molar-refractivity contribution in [3.63, 3.8) is 0 Å². The minimum atomic E-state index is -0.287. The Morgan fingerprint density at radius 2 is 1.89 bits per heavy atom. The zero-order valence-electron chi connectivity index (χ0n) is 12.5. The Labute approximate surface area is 116 Å². The Morgan fingerprint density at radius 3 is 2.42 bits per heavy atom. The second kappa shape index (κ2) is 12.3. The highest BCUT2D eigenvalue weighted by atomic mass is 16.5. The number of hydrogen-bond acceptors (Lipinski definition) is 5. The van der Waals surface area contributed by atoms with Gasteiger partial charge >= 0.3 is 0 Å². The molecule has 0 rings (SSSR count). The summed E-state index contributed by atoms with van der Waals surface area (Å²) in [5.41, 5.74) is 5.37. The van der Waals surface area contributed by atoms with Gasteiger partial charge in [-0.05, 0) is 19.4 Å². The fourth-order valence-electron chi connectivity index (χ4n) is 1.89. The van der Waals surface area contributed by atoms with E-state index in [0.717, 1.165) is 45.6 Å². The van der Waals surface area contributed by atoms with Gasteiger partial charge in [-0.2, -0.15) is 0 Å². The highest BCUT2D eigenvalue weighted by molar-refractivity contribution is 5.79. The summed E-state index contributed by atoms with van der Waals surface area (Å²) in [6.07, 6.45) is 1.70. The molecule has 0 aliphatic carbocycles. The molecular formula is C13H29N3O3. The molecule has 0 aliphatic heterocycles. The molecule has 0 aromatic heterocycles. The van der Waals surface area contributed by atoms with Gasteiger partial charge in [0.05, 0.1) is 12.6 Å². The molecular weight excluding hydrogens is 246 g/mol. The number of carbonyl (C=O) groups is 1. The molecule has 1 amide bonds. The number of ether oxygens (including phenoxy) is 2. The molecule has 1 atom stereocenters. The number of nitrogens with zero attached hydrogens (tertiary/aromatic N) is 1. The SMILES string of the molecule is CCNC(CCN(CCCOC)CCOC)C(N)=O. The molecule has 0 aromatic carbocycles. The van der Waals surface area contributed by atoms with Crippen LogP contribution in [0.4, 0.5) is 0 Å². The molecule has 114 valence electrons. The van der Waals surface area contributed by atoms with Crippen molar-refractivity contribution < 1.29 is 14.3 Å². The lowest BCUT2D eigenvalue weighted by Crippen LogP contribution is -2.44. The van der Waals surface area contributed by atoms with Crippen molar-refractivity contribution >= 4 is 5.91 Å². The second-order valence-electron chi connectivity index (χ2n) is 4.48. The van der Waals surface area contributed by atoms with Gasteiger partial charge in [0.2, 0.25) is 5.91 Å². The first kappa shape index (κ1) is 18.3. The van der Waals surface area contributed by atoms with Gasteiger partial charge in [-0.3, -0.25) is 4.79 Å². The van der Waals surface area contributed by atoms with E-state index in [0.29, 0.717) is 6.61 Å². The van der Waals surface area contributed by atoms with Gasteiger partial charge in [0, 0.05) is 40.5 Å². The number of nitrogens with one attached hydrogen (secondary N) is 1. The van der Waals surface area contributed by atoms with Crippen LogP contribution in [0.15, 0.2) is 0 Å². The summed E-state index contributed by atoms with van der Waals surface area (Å²) in [6, 6.07) is -0.252. The topological polar surface area (TPSA) is 76.8 Å². The van der Waals surface area contributed by atoms with Crippen LogP contribution in [-0.4, -0.2) is 70.5 Å². The van der Waals surface area contributed by atoms with Gasteiger partial charge < -0.3 is 25.4 Å². The first-order valence-corrected chi connectivity index (χ1v) is 6.88. The van der Waals surface area contributed by atoms with Gasteiger partial charge in [-0.15, -0.1) is 0 Å². The molecule has 0 fully saturated rings. The van der Waals surface area contributed by atoms with Crippen LogP contribution in [0.1, 0.15) is 19.8 Å². The third-order valence-electron chi connectivity index (χ3n) is 2.96. The smallest absolute Gasteiger partial charge is 0.234 e. The highest BCUT2D eigenvalue weighted by Gasteiger charge is 2.15. The third-order valence-corrected chi connectivity index (χ3v) is 2.96. The number of methoxy groups -OCH3 is 2. The molecule has 6 nitrogen and oxygen atoms in total. The van der Waals surface area contributed by atoms with Crippen LogP contribution >= 0.6 is 0 Å². The molecule has 3 N–H and O–H groups in total. The van der Waals surface area contributed by atoms with Crippen LogP contribution in [-0.2, 0) is 14.3 Å². The van der Waals surface area contributed by atoms with Gasteiger partial charge in [0.15, 0.2) is 0 Å². The van der Waals surface area contributed by atoms with E-state index in [9.17, 15) is 4.79 Å². The van der Waals surface area contributed by atoms with Gasteiger partial charge in [0.25, 0.3) is 0 Å². The maximum absolute atomic E-state index is 11.3. The van der Waals surface area contributed by atoms with Crippen LogP contribution in [0.3, 0.4) is 0 Å². The fourth-order valence-corrected chi connectivity index (χ4v) is 1.89. The summed E-state index contributed by atoms with van der Waals surface area (Å²) in [6.45, 7) is 6.78. The van der Waals surface area contributed by atoms with Crippen LogP contribution in [0.5, 0.6) is 0 Å². The standard InChI is InChI=1S/C13H29N3O3/c1-4-15-12(13(14)17)6-8-16(9-11-19-3)7-5-10-18-2/h12,15H,4-11H2,1-3H3,(H2,14,17). The summed E-state index contributed by atoms with van der Waals surface area (Å²) in [4.78, 5) is 13.5. The summed E-state index contributed by atoms with van der Waals surface area (Å²) < 4.78 is 10.2. The number of likely N-dealkylation sites (N-methyl/N-ethyl adjacent to an activating group) is 1. The summed E-state index contributed by atoms with van der Waals surface area (Å²) >= 11 is 0. The molecule has 19 heavy (non-hydrogen) atoms. The normalized spacial score (nSPS) is 12.8. The minimum absolute atomic E-state index is 0.252. The van der Waals surface area contributed by atoms with E-state index >= 15 is 0 Å². The van der Waals surface area contributed by atoms with Crippen molar-refractivity contribution in [2.75, 3.05) is 53.6 Å². The van der Waals surface area contributed by atoms with Crippen molar-refractivity contribution in [3.05, 3.63) is 0 Å². The average molecular weight is 275 g/mol. The second-order valence-corrected chi connectivity index (χ2v) is 4.48. The first-order valence-electron chi connectivity index (χ1n) is 6.88. The monoisotopic (exact) mass is 275 g/mol. The lowest BCUT2D eigenvalue weighted by Gasteiger charge is -2.24. The molecule has 6 heteroatoms. The summed E-state index contributed by atoms with van der Waals surface area (Å²) in [5.74, 6) is -0.287. The number of nitrogens with two attached hydrogens (primary N) is 1. The lowest BCUT2D eigenvalue weighted by molar-refractivity contribution is -0.120. The number of primary amides is 1. The van der Waals surface area contributed by atoms with E-state index < -0.39 is 0 Å². The lowest BCUT2D eigenvalue weighted by atomic mass is 10.2. The van der Waals surface area contributed by atoms with E-state index in [-0.39, 0.29) is 11.9 Å². The van der Waals surface area contributed by atoms with Gasteiger partial charge in [0.1, 0.15) is 0 Å². The first-order chi connectivity index (χ1) is 9.15. The Morgan fingerprint density at radius 1 is 1.21 bits per heavy atom. The van der Waals surface area contributed by atoms with Gasteiger partial charge in [-0.25, -0.2) is 0 Å². The molecule has 0 saturated heterocycles. The van der Waals surface area contributed by atoms with Crippen molar-refractivity contribution in [3.8, 4) is 0 Å². The van der Waals surface area contributed by atoms with Crippen molar-refractivity contribution in [1.29, 1.82) is 0 Å². The Kier molecular flexibility index (Phi) is 11.9. The van der Waals surface area contributed by atoms with Crippen molar-refractivity contribution in [2.45, 2.75) is 25.8 Å². The quantitative estimate of drug-likeness (QED) is 0.456. The molecule has 0 aromatic rings. The summed E-state index contributed by atoms with van der Waals surface area (Å²) in [5, 5.41) is 3.10. The zero-order chi connectivity index (χ0) is 14.5. The minimum Gasteiger partial charge on any atom is -0.385 e. The number of rotatable bonds is 13. The molecule has 0 saturated carbocycles. The Balaban J connectivity index is 4.08. The number of hydrogen-bond donors (Lipinski definition) is 2. The maximum atomic E-state index is 11.3. The maximum Gasteiger partial charge on any atom is 0.234 e. The predicted octanol–water partition coefficient (Wildman–Crippen LogP) is -0.175. The Hall–Kier alpha value is -0.690. The van der Waals surface area contributed by atoms with Crippen LogP contribution in [0.2, 0.25) is 0 Å². The number of amides is 1.